The second-order valence-electron chi connectivity index (χ2n) is 1.85. The zero-order valence-corrected chi connectivity index (χ0v) is 5.89. The van der Waals surface area contributed by atoms with Crippen LogP contribution in [-0.4, -0.2) is 24.1 Å². The van der Waals surface area contributed by atoms with Crippen molar-refractivity contribution in [3.05, 3.63) is 0 Å². The predicted octanol–water partition coefficient (Wildman–Crippen LogP) is 0.0616. The zero-order chi connectivity index (χ0) is 7.28. The normalized spacial score (nSPS) is 9.11. The maximum atomic E-state index is 10.1. The first-order valence-corrected chi connectivity index (χ1v) is 3.18. The van der Waals surface area contributed by atoms with Gasteiger partial charge in [-0.2, -0.15) is 0 Å². The van der Waals surface area contributed by atoms with Crippen molar-refractivity contribution in [3.63, 3.8) is 0 Å². The van der Waals surface area contributed by atoms with Crippen molar-refractivity contribution in [2.24, 2.45) is 0 Å². The molecule has 1 amide bonds. The second-order valence-corrected chi connectivity index (χ2v) is 1.85. The van der Waals surface area contributed by atoms with Crippen molar-refractivity contribution in [1.29, 1.82) is 0 Å². The highest BCUT2D eigenvalue weighted by Gasteiger charge is 1.96. The van der Waals surface area contributed by atoms with Crippen LogP contribution in [0.3, 0.4) is 0 Å². The molecule has 3 heteroatoms. The molecule has 54 valence electrons. The van der Waals surface area contributed by atoms with Crippen LogP contribution in [0.15, 0.2) is 0 Å². The van der Waals surface area contributed by atoms with E-state index in [1.807, 2.05) is 6.92 Å². The number of nitrogens with zero attached hydrogens (tertiary/aromatic N) is 1. The summed E-state index contributed by atoms with van der Waals surface area (Å²) < 4.78 is 0. The number of amides is 1. The molecule has 3 nitrogen and oxygen atoms in total. The first-order valence-electron chi connectivity index (χ1n) is 3.18. The molecule has 0 aliphatic heterocycles. The highest BCUT2D eigenvalue weighted by Crippen LogP contribution is 1.87. The molecule has 0 radical (unpaired) electrons. The monoisotopic (exact) mass is 130 g/mol. The number of carboxylic acid groups (broad SMARTS) is 1. The summed E-state index contributed by atoms with van der Waals surface area (Å²) in [6.07, 6.45) is -0.221. The Morgan fingerprint density at radius 1 is 1.56 bits per heavy atom. The minimum absolute atomic E-state index is 0.524. The minimum Gasteiger partial charge on any atom is -0.530 e. The number of rotatable bonds is 3. The summed E-state index contributed by atoms with van der Waals surface area (Å²) in [5, 5.41) is 10.1. The Morgan fingerprint density at radius 2 is 2.11 bits per heavy atom. The van der Waals surface area contributed by atoms with Gasteiger partial charge < -0.3 is 14.8 Å². The maximum absolute atomic E-state index is 10.1. The van der Waals surface area contributed by atoms with E-state index in [9.17, 15) is 9.90 Å². The fourth-order valence-corrected chi connectivity index (χ4v) is 0.648. The standard InChI is InChI=1S/C6H13NO2/c1-3-5-7(4-2)6(8)9/h3-5H2,1-2H3,(H,8,9)/p-1. The second kappa shape index (κ2) is 4.18. The molecule has 0 spiro atoms. The lowest BCUT2D eigenvalue weighted by Gasteiger charge is -2.21. The first-order chi connectivity index (χ1) is 4.22. The molecule has 0 N–H and O–H groups in total. The smallest absolute Gasteiger partial charge is 0.136 e. The van der Waals surface area contributed by atoms with Crippen molar-refractivity contribution < 1.29 is 9.90 Å². The summed E-state index contributed by atoms with van der Waals surface area (Å²) in [7, 11) is 0. The largest absolute Gasteiger partial charge is 0.530 e. The van der Waals surface area contributed by atoms with Crippen molar-refractivity contribution in [2.75, 3.05) is 13.1 Å². The summed E-state index contributed by atoms with van der Waals surface area (Å²) in [5.74, 6) is 0. The lowest BCUT2D eigenvalue weighted by Crippen LogP contribution is -2.41. The highest BCUT2D eigenvalue weighted by molar-refractivity contribution is 5.62. The minimum atomic E-state index is -1.07. The van der Waals surface area contributed by atoms with Crippen LogP contribution >= 0.6 is 0 Å². The first kappa shape index (κ1) is 8.27. The molecule has 0 aliphatic rings. The Kier molecular flexibility index (Phi) is 3.84. The van der Waals surface area contributed by atoms with E-state index in [4.69, 9.17) is 0 Å². The lowest BCUT2D eigenvalue weighted by molar-refractivity contribution is -0.265. The van der Waals surface area contributed by atoms with Crippen molar-refractivity contribution in [3.8, 4) is 0 Å². The van der Waals surface area contributed by atoms with Crippen LogP contribution < -0.4 is 5.11 Å². The predicted molar refractivity (Wildman–Crippen MR) is 32.9 cm³/mol. The van der Waals surface area contributed by atoms with Crippen LogP contribution in [-0.2, 0) is 0 Å². The van der Waals surface area contributed by atoms with E-state index in [2.05, 4.69) is 0 Å². The average Bonchev–Trinajstić information content (AvgIpc) is 1.82. The molecule has 0 saturated carbocycles. The van der Waals surface area contributed by atoms with Crippen molar-refractivity contribution in [1.82, 2.24) is 4.90 Å². The highest BCUT2D eigenvalue weighted by atomic mass is 16.4. The molecule has 0 aromatic carbocycles. The number of carbonyl (C=O) groups is 1. The van der Waals surface area contributed by atoms with Gasteiger partial charge in [0.05, 0.1) is 0 Å². The van der Waals surface area contributed by atoms with Crippen LogP contribution in [0.4, 0.5) is 4.79 Å². The fourth-order valence-electron chi connectivity index (χ4n) is 0.648. The van der Waals surface area contributed by atoms with E-state index in [0.717, 1.165) is 6.42 Å². The van der Waals surface area contributed by atoms with Gasteiger partial charge in [-0.05, 0) is 13.3 Å². The van der Waals surface area contributed by atoms with Gasteiger partial charge in [0.15, 0.2) is 0 Å². The molecule has 0 atom stereocenters. The fraction of sp³-hybridized carbons (Fsp3) is 0.833. The van der Waals surface area contributed by atoms with Crippen LogP contribution in [0.5, 0.6) is 0 Å². The molecule has 0 heterocycles. The van der Waals surface area contributed by atoms with Crippen LogP contribution in [0.1, 0.15) is 20.3 Å². The molecule has 0 fully saturated rings. The lowest BCUT2D eigenvalue weighted by atomic mass is 10.4. The number of carbonyl (C=O) groups excluding carboxylic acids is 1. The third-order valence-electron chi connectivity index (χ3n) is 1.13. The molecule has 0 aromatic heterocycles. The van der Waals surface area contributed by atoms with E-state index in [1.54, 1.807) is 6.92 Å². The summed E-state index contributed by atoms with van der Waals surface area (Å²) in [6, 6.07) is 0. The average molecular weight is 130 g/mol. The van der Waals surface area contributed by atoms with Gasteiger partial charge in [-0.15, -0.1) is 0 Å². The van der Waals surface area contributed by atoms with E-state index in [1.165, 1.54) is 4.90 Å². The molecular formula is C6H12NO2-. The Balaban J connectivity index is 3.54. The number of hydrogen-bond acceptors (Lipinski definition) is 2. The molecule has 0 aromatic rings. The molecule has 0 rings (SSSR count). The maximum Gasteiger partial charge on any atom is 0.136 e. The third-order valence-corrected chi connectivity index (χ3v) is 1.13. The van der Waals surface area contributed by atoms with E-state index >= 15 is 0 Å². The van der Waals surface area contributed by atoms with Crippen molar-refractivity contribution in [2.45, 2.75) is 20.3 Å². The summed E-state index contributed by atoms with van der Waals surface area (Å²) >= 11 is 0. The van der Waals surface area contributed by atoms with E-state index < -0.39 is 6.09 Å². The summed E-state index contributed by atoms with van der Waals surface area (Å²) in [6.45, 7) is 4.84. The van der Waals surface area contributed by atoms with Gasteiger partial charge in [0.25, 0.3) is 0 Å². The summed E-state index contributed by atoms with van der Waals surface area (Å²) in [4.78, 5) is 11.4. The molecule has 0 unspecified atom stereocenters. The SMILES string of the molecule is CCCN(CC)C(=O)[O-]. The molecule has 0 aliphatic carbocycles. The number of hydrogen-bond donors (Lipinski definition) is 0. The van der Waals surface area contributed by atoms with Crippen LogP contribution in [0, 0.1) is 0 Å². The molecule has 0 saturated heterocycles. The van der Waals surface area contributed by atoms with Gasteiger partial charge in [-0.25, -0.2) is 0 Å². The van der Waals surface area contributed by atoms with Gasteiger partial charge in [-0.3, -0.25) is 0 Å². The van der Waals surface area contributed by atoms with Crippen LogP contribution in [0.25, 0.3) is 0 Å². The Hall–Kier alpha value is -0.730. The molecule has 9 heavy (non-hydrogen) atoms. The Morgan fingerprint density at radius 3 is 2.22 bits per heavy atom. The van der Waals surface area contributed by atoms with Gasteiger partial charge in [0.1, 0.15) is 6.09 Å². The quantitative estimate of drug-likeness (QED) is 0.542. The van der Waals surface area contributed by atoms with Crippen molar-refractivity contribution >= 4 is 6.09 Å². The third kappa shape index (κ3) is 2.95. The van der Waals surface area contributed by atoms with Gasteiger partial charge in [-0.1, -0.05) is 6.92 Å². The molecule has 0 bridgehead atoms. The van der Waals surface area contributed by atoms with Gasteiger partial charge in [0.2, 0.25) is 0 Å². The van der Waals surface area contributed by atoms with E-state index in [-0.39, 0.29) is 0 Å². The van der Waals surface area contributed by atoms with Gasteiger partial charge >= 0.3 is 0 Å². The van der Waals surface area contributed by atoms with E-state index in [0.29, 0.717) is 13.1 Å². The topological polar surface area (TPSA) is 43.4 Å². The Bertz CT molecular complexity index is 93.1. The Labute approximate surface area is 55.3 Å². The van der Waals surface area contributed by atoms with Crippen LogP contribution in [0.2, 0.25) is 0 Å². The van der Waals surface area contributed by atoms with Gasteiger partial charge in [0, 0.05) is 13.1 Å². The summed E-state index contributed by atoms with van der Waals surface area (Å²) in [5.41, 5.74) is 0. The zero-order valence-electron chi connectivity index (χ0n) is 5.89. The molecular weight excluding hydrogens is 118 g/mol.